The molecule has 4 nitrogen and oxygen atoms in total. The van der Waals surface area contributed by atoms with Gasteiger partial charge in [0, 0.05) is 5.56 Å². The van der Waals surface area contributed by atoms with Gasteiger partial charge in [-0.15, -0.1) is 0 Å². The Bertz CT molecular complexity index is 705. The van der Waals surface area contributed by atoms with Crippen molar-refractivity contribution in [3.05, 3.63) is 62.0 Å². The summed E-state index contributed by atoms with van der Waals surface area (Å²) in [5.74, 6) is 0.499. The Balaban J connectivity index is 2.05. The molecule has 0 heterocycles. The molecule has 0 aliphatic rings. The highest BCUT2D eigenvalue weighted by Crippen LogP contribution is 2.34. The Morgan fingerprint density at radius 3 is 2.39 bits per heavy atom. The van der Waals surface area contributed by atoms with Crippen LogP contribution < -0.4 is 10.2 Å². The number of rotatable bonds is 5. The van der Waals surface area contributed by atoms with Crippen molar-refractivity contribution in [1.82, 2.24) is 5.43 Å². The Hall–Kier alpha value is -1.66. The van der Waals surface area contributed by atoms with E-state index < -0.39 is 0 Å². The SMILES string of the molecule is CCOc1c(Br)cc(/C=N\NC(=O)c2ccc(C)cc2)cc1Br. The van der Waals surface area contributed by atoms with Crippen molar-refractivity contribution in [3.63, 3.8) is 0 Å². The molecule has 0 saturated heterocycles. The fourth-order valence-corrected chi connectivity index (χ4v) is 3.32. The average molecular weight is 440 g/mol. The number of hydrazone groups is 1. The van der Waals surface area contributed by atoms with Gasteiger partial charge in [-0.05, 0) is 75.5 Å². The second kappa shape index (κ2) is 8.26. The molecule has 0 saturated carbocycles. The van der Waals surface area contributed by atoms with E-state index in [1.165, 1.54) is 0 Å². The fraction of sp³-hybridized carbons (Fsp3) is 0.176. The zero-order chi connectivity index (χ0) is 16.8. The number of ether oxygens (including phenoxy) is 1. The van der Waals surface area contributed by atoms with Crippen LogP contribution in [0.4, 0.5) is 0 Å². The quantitative estimate of drug-likeness (QED) is 0.543. The molecular formula is C17H16Br2N2O2. The monoisotopic (exact) mass is 438 g/mol. The highest BCUT2D eigenvalue weighted by molar-refractivity contribution is 9.11. The number of amides is 1. The highest BCUT2D eigenvalue weighted by atomic mass is 79.9. The van der Waals surface area contributed by atoms with E-state index in [9.17, 15) is 4.79 Å². The first-order valence-corrected chi connectivity index (χ1v) is 8.61. The summed E-state index contributed by atoms with van der Waals surface area (Å²) in [5.41, 5.74) is 5.02. The van der Waals surface area contributed by atoms with Crippen LogP contribution in [0.2, 0.25) is 0 Å². The number of benzene rings is 2. The zero-order valence-electron chi connectivity index (χ0n) is 12.8. The van der Waals surface area contributed by atoms with Crippen molar-refractivity contribution in [3.8, 4) is 5.75 Å². The van der Waals surface area contributed by atoms with Crippen molar-refractivity contribution in [2.45, 2.75) is 13.8 Å². The van der Waals surface area contributed by atoms with Crippen LogP contribution >= 0.6 is 31.9 Å². The first-order valence-electron chi connectivity index (χ1n) is 7.03. The largest absolute Gasteiger partial charge is 0.492 e. The molecule has 6 heteroatoms. The van der Waals surface area contributed by atoms with Gasteiger partial charge in [0.15, 0.2) is 0 Å². The third kappa shape index (κ3) is 4.91. The summed E-state index contributed by atoms with van der Waals surface area (Å²) in [4.78, 5) is 12.0. The summed E-state index contributed by atoms with van der Waals surface area (Å²) < 4.78 is 7.16. The molecule has 1 N–H and O–H groups in total. The number of hydrogen-bond acceptors (Lipinski definition) is 3. The molecule has 0 unspecified atom stereocenters. The van der Waals surface area contributed by atoms with Gasteiger partial charge in [0.25, 0.3) is 5.91 Å². The van der Waals surface area contributed by atoms with Crippen LogP contribution in [0.3, 0.4) is 0 Å². The Kier molecular flexibility index (Phi) is 6.36. The number of aryl methyl sites for hydroxylation is 1. The first-order chi connectivity index (χ1) is 11.0. The van der Waals surface area contributed by atoms with Crippen LogP contribution in [0.1, 0.15) is 28.4 Å². The molecular weight excluding hydrogens is 424 g/mol. The van der Waals surface area contributed by atoms with Crippen molar-refractivity contribution in [2.24, 2.45) is 5.10 Å². The first kappa shape index (κ1) is 17.7. The highest BCUT2D eigenvalue weighted by Gasteiger charge is 2.08. The third-order valence-corrected chi connectivity index (χ3v) is 4.18. The average Bonchev–Trinajstić information content (AvgIpc) is 2.51. The van der Waals surface area contributed by atoms with E-state index >= 15 is 0 Å². The number of nitrogens with zero attached hydrogens (tertiary/aromatic N) is 1. The maximum atomic E-state index is 12.0. The molecule has 0 aliphatic heterocycles. The molecule has 0 radical (unpaired) electrons. The van der Waals surface area contributed by atoms with E-state index in [0.717, 1.165) is 25.8 Å². The van der Waals surface area contributed by atoms with Crippen LogP contribution in [0.5, 0.6) is 5.75 Å². The second-order valence-corrected chi connectivity index (χ2v) is 6.52. The van der Waals surface area contributed by atoms with Crippen molar-refractivity contribution >= 4 is 44.0 Å². The summed E-state index contributed by atoms with van der Waals surface area (Å²) in [7, 11) is 0. The summed E-state index contributed by atoms with van der Waals surface area (Å²) in [6.45, 7) is 4.48. The van der Waals surface area contributed by atoms with Gasteiger partial charge in [-0.25, -0.2) is 5.43 Å². The topological polar surface area (TPSA) is 50.7 Å². The Morgan fingerprint density at radius 1 is 1.22 bits per heavy atom. The van der Waals surface area contributed by atoms with Crippen LogP contribution in [-0.2, 0) is 0 Å². The molecule has 0 bridgehead atoms. The third-order valence-electron chi connectivity index (χ3n) is 3.00. The molecule has 120 valence electrons. The molecule has 2 rings (SSSR count). The molecule has 2 aromatic rings. The molecule has 0 atom stereocenters. The Labute approximate surface area is 152 Å². The smallest absolute Gasteiger partial charge is 0.271 e. The molecule has 1 amide bonds. The van der Waals surface area contributed by atoms with Crippen LogP contribution in [-0.4, -0.2) is 18.7 Å². The number of nitrogens with one attached hydrogen (secondary N) is 1. The van der Waals surface area contributed by atoms with Crippen molar-refractivity contribution in [1.29, 1.82) is 0 Å². The Morgan fingerprint density at radius 2 is 1.83 bits per heavy atom. The minimum atomic E-state index is -0.245. The lowest BCUT2D eigenvalue weighted by Gasteiger charge is -2.09. The molecule has 0 aliphatic carbocycles. The van der Waals surface area contributed by atoms with Crippen LogP contribution in [0.15, 0.2) is 50.4 Å². The minimum Gasteiger partial charge on any atom is -0.492 e. The van der Waals surface area contributed by atoms with Gasteiger partial charge in [-0.3, -0.25) is 4.79 Å². The van der Waals surface area contributed by atoms with Crippen molar-refractivity contribution < 1.29 is 9.53 Å². The standard InChI is InChI=1S/C17H16Br2N2O2/c1-3-23-16-14(18)8-12(9-15(16)19)10-20-21-17(22)13-6-4-11(2)5-7-13/h4-10H,3H2,1-2H3,(H,21,22)/b20-10-. The maximum absolute atomic E-state index is 12.0. The van der Waals surface area contributed by atoms with Gasteiger partial charge in [0.2, 0.25) is 0 Å². The van der Waals surface area contributed by atoms with Crippen LogP contribution in [0, 0.1) is 6.92 Å². The zero-order valence-corrected chi connectivity index (χ0v) is 15.9. The number of carbonyl (C=O) groups is 1. The van der Waals surface area contributed by atoms with Gasteiger partial charge in [-0.2, -0.15) is 5.10 Å². The van der Waals surface area contributed by atoms with Gasteiger partial charge in [0.1, 0.15) is 5.75 Å². The van der Waals surface area contributed by atoms with Gasteiger partial charge < -0.3 is 4.74 Å². The molecule has 0 aromatic heterocycles. The van der Waals surface area contributed by atoms with Gasteiger partial charge in [-0.1, -0.05) is 17.7 Å². The molecule has 23 heavy (non-hydrogen) atoms. The van der Waals surface area contributed by atoms with Gasteiger partial charge in [0.05, 0.1) is 21.8 Å². The second-order valence-electron chi connectivity index (χ2n) is 4.81. The lowest BCUT2D eigenvalue weighted by Crippen LogP contribution is -2.17. The number of hydrogen-bond donors (Lipinski definition) is 1. The van der Waals surface area contributed by atoms with Crippen molar-refractivity contribution in [2.75, 3.05) is 6.61 Å². The predicted octanol–water partition coefficient (Wildman–Crippen LogP) is 4.68. The van der Waals surface area contributed by atoms with E-state index in [1.807, 2.05) is 38.1 Å². The van der Waals surface area contributed by atoms with Crippen LogP contribution in [0.25, 0.3) is 0 Å². The summed E-state index contributed by atoms with van der Waals surface area (Å²) in [6, 6.07) is 11.1. The van der Waals surface area contributed by atoms with E-state index in [1.54, 1.807) is 18.3 Å². The van der Waals surface area contributed by atoms with E-state index in [4.69, 9.17) is 4.74 Å². The molecule has 2 aromatic carbocycles. The summed E-state index contributed by atoms with van der Waals surface area (Å²) >= 11 is 6.92. The molecule has 0 spiro atoms. The normalized spacial score (nSPS) is 10.8. The van der Waals surface area contributed by atoms with Gasteiger partial charge >= 0.3 is 0 Å². The minimum absolute atomic E-state index is 0.245. The van der Waals surface area contributed by atoms with E-state index in [2.05, 4.69) is 42.4 Å². The summed E-state index contributed by atoms with van der Waals surface area (Å²) in [5, 5.41) is 3.99. The number of carbonyl (C=O) groups excluding carboxylic acids is 1. The number of halogens is 2. The maximum Gasteiger partial charge on any atom is 0.271 e. The lowest BCUT2D eigenvalue weighted by molar-refractivity contribution is 0.0955. The predicted molar refractivity (Wildman–Crippen MR) is 99.3 cm³/mol. The fourth-order valence-electron chi connectivity index (χ4n) is 1.87. The van der Waals surface area contributed by atoms with E-state index in [-0.39, 0.29) is 5.91 Å². The molecule has 0 fully saturated rings. The lowest BCUT2D eigenvalue weighted by atomic mass is 10.1. The van der Waals surface area contributed by atoms with E-state index in [0.29, 0.717) is 12.2 Å². The summed E-state index contributed by atoms with van der Waals surface area (Å²) in [6.07, 6.45) is 1.58.